The summed E-state index contributed by atoms with van der Waals surface area (Å²) < 4.78 is 64.8. The molecule has 0 fully saturated rings. The van der Waals surface area contributed by atoms with Gasteiger partial charge in [-0.15, -0.1) is 13.2 Å². The third-order valence-electron chi connectivity index (χ3n) is 3.99. The summed E-state index contributed by atoms with van der Waals surface area (Å²) in [5, 5.41) is 10.5. The van der Waals surface area contributed by atoms with Crippen LogP contribution in [-0.2, 0) is 9.84 Å². The van der Waals surface area contributed by atoms with E-state index in [1.165, 1.54) is 30.3 Å². The summed E-state index contributed by atoms with van der Waals surface area (Å²) in [6.07, 6.45) is -5.54. The quantitative estimate of drug-likeness (QED) is 0.641. The van der Waals surface area contributed by atoms with E-state index in [1.54, 1.807) is 6.92 Å². The van der Waals surface area contributed by atoms with E-state index in [0.717, 1.165) is 12.1 Å². The van der Waals surface area contributed by atoms with E-state index < -0.39 is 28.1 Å². The van der Waals surface area contributed by atoms with Crippen LogP contribution in [0.5, 0.6) is 5.75 Å². The van der Waals surface area contributed by atoms with Crippen LogP contribution in [0, 0.1) is 0 Å². The van der Waals surface area contributed by atoms with Crippen LogP contribution in [0.3, 0.4) is 0 Å². The predicted octanol–water partition coefficient (Wildman–Crippen LogP) is 3.73. The summed E-state index contributed by atoms with van der Waals surface area (Å²) in [5.74, 6) is -0.238. The third kappa shape index (κ3) is 4.45. The molecule has 0 spiro atoms. The number of aromatic nitrogens is 2. The molecule has 0 radical (unpaired) electrons. The fraction of sp³-hybridized carbons (Fsp3) is 0.278. The van der Waals surface area contributed by atoms with E-state index in [0.29, 0.717) is 23.0 Å². The van der Waals surface area contributed by atoms with Gasteiger partial charge < -0.3 is 14.8 Å². The Hall–Kier alpha value is -2.59. The molecule has 1 heterocycles. The largest absolute Gasteiger partial charge is 0.573 e. The average molecular weight is 414 g/mol. The number of aliphatic hydroxyl groups is 1. The van der Waals surface area contributed by atoms with Crippen molar-refractivity contribution in [2.24, 2.45) is 0 Å². The standard InChI is InChI=1S/C18H17F3N2O4S/c1-2-9-28(25,26)13-7-8-14-15(10-13)23-17(22-14)16(24)11-3-5-12(6-4-11)27-18(19,20)21/h3-8,10,16,24H,2,9H2,1H3,(H,22,23). The van der Waals surface area contributed by atoms with Crippen molar-refractivity contribution in [3.8, 4) is 5.75 Å². The van der Waals surface area contributed by atoms with Gasteiger partial charge in [0.2, 0.25) is 0 Å². The highest BCUT2D eigenvalue weighted by Gasteiger charge is 2.31. The maximum atomic E-state index is 12.2. The Morgan fingerprint density at radius 1 is 1.18 bits per heavy atom. The molecule has 28 heavy (non-hydrogen) atoms. The van der Waals surface area contributed by atoms with Crippen LogP contribution in [0.1, 0.15) is 30.8 Å². The number of sulfone groups is 1. The second kappa shape index (κ2) is 7.44. The molecule has 10 heteroatoms. The van der Waals surface area contributed by atoms with Gasteiger partial charge in [-0.05, 0) is 42.3 Å². The first-order valence-corrected chi connectivity index (χ1v) is 10.0. The third-order valence-corrected chi connectivity index (χ3v) is 5.91. The number of halogens is 3. The molecular weight excluding hydrogens is 397 g/mol. The first-order valence-electron chi connectivity index (χ1n) is 8.35. The molecule has 1 atom stereocenters. The minimum Gasteiger partial charge on any atom is -0.406 e. The Bertz CT molecular complexity index is 1080. The number of fused-ring (bicyclic) bond motifs is 1. The van der Waals surface area contributed by atoms with E-state index in [1.807, 2.05) is 0 Å². The molecule has 3 rings (SSSR count). The van der Waals surface area contributed by atoms with Crippen LogP contribution in [-0.4, -0.2) is 35.6 Å². The van der Waals surface area contributed by atoms with Gasteiger partial charge in [-0.1, -0.05) is 19.1 Å². The number of aliphatic hydroxyl groups excluding tert-OH is 1. The van der Waals surface area contributed by atoms with Crippen LogP contribution >= 0.6 is 0 Å². The molecule has 0 aliphatic heterocycles. The zero-order valence-corrected chi connectivity index (χ0v) is 15.5. The molecule has 1 aromatic heterocycles. The van der Waals surface area contributed by atoms with Crippen molar-refractivity contribution >= 4 is 20.9 Å². The minimum atomic E-state index is -4.80. The number of nitrogens with zero attached hydrogens (tertiary/aromatic N) is 1. The second-order valence-corrected chi connectivity index (χ2v) is 8.25. The van der Waals surface area contributed by atoms with E-state index >= 15 is 0 Å². The number of H-pyrrole nitrogens is 1. The van der Waals surface area contributed by atoms with Gasteiger partial charge in [-0.3, -0.25) is 0 Å². The van der Waals surface area contributed by atoms with E-state index in [2.05, 4.69) is 14.7 Å². The van der Waals surface area contributed by atoms with Gasteiger partial charge in [0.1, 0.15) is 17.7 Å². The van der Waals surface area contributed by atoms with Crippen molar-refractivity contribution in [1.82, 2.24) is 9.97 Å². The van der Waals surface area contributed by atoms with E-state index in [-0.39, 0.29) is 16.5 Å². The monoisotopic (exact) mass is 414 g/mol. The topological polar surface area (TPSA) is 92.3 Å². The lowest BCUT2D eigenvalue weighted by molar-refractivity contribution is -0.274. The zero-order valence-electron chi connectivity index (χ0n) is 14.7. The summed E-state index contributed by atoms with van der Waals surface area (Å²) >= 11 is 0. The minimum absolute atomic E-state index is 0.0223. The number of hydrogen-bond acceptors (Lipinski definition) is 5. The summed E-state index contributed by atoms with van der Waals surface area (Å²) in [6, 6.07) is 9.18. The van der Waals surface area contributed by atoms with Crippen molar-refractivity contribution in [1.29, 1.82) is 0 Å². The highest BCUT2D eigenvalue weighted by atomic mass is 32.2. The normalized spacial score (nSPS) is 13.6. The number of hydrogen-bond donors (Lipinski definition) is 2. The second-order valence-electron chi connectivity index (χ2n) is 6.14. The number of benzene rings is 2. The molecule has 0 aliphatic carbocycles. The summed E-state index contributed by atoms with van der Waals surface area (Å²) in [4.78, 5) is 7.25. The summed E-state index contributed by atoms with van der Waals surface area (Å²) in [6.45, 7) is 1.77. The fourth-order valence-electron chi connectivity index (χ4n) is 2.73. The van der Waals surface area contributed by atoms with Crippen LogP contribution in [0.25, 0.3) is 11.0 Å². The fourth-order valence-corrected chi connectivity index (χ4v) is 4.07. The maximum absolute atomic E-state index is 12.2. The molecule has 0 saturated carbocycles. The number of aromatic amines is 1. The molecule has 0 amide bonds. The first kappa shape index (κ1) is 20.2. The van der Waals surface area contributed by atoms with Gasteiger partial charge in [0.25, 0.3) is 0 Å². The molecular formula is C18H17F3N2O4S. The van der Waals surface area contributed by atoms with Crippen LogP contribution in [0.2, 0.25) is 0 Å². The molecule has 6 nitrogen and oxygen atoms in total. The highest BCUT2D eigenvalue weighted by Crippen LogP contribution is 2.27. The Labute approximate surface area is 158 Å². The molecule has 3 aromatic rings. The summed E-state index contributed by atoms with van der Waals surface area (Å²) in [5.41, 5.74) is 1.19. The van der Waals surface area contributed by atoms with Crippen molar-refractivity contribution < 1.29 is 31.4 Å². The predicted molar refractivity (Wildman–Crippen MR) is 95.6 cm³/mol. The highest BCUT2D eigenvalue weighted by molar-refractivity contribution is 7.91. The number of ether oxygens (including phenoxy) is 1. The van der Waals surface area contributed by atoms with Crippen LogP contribution < -0.4 is 4.74 Å². The van der Waals surface area contributed by atoms with Crippen LogP contribution in [0.4, 0.5) is 13.2 Å². The summed E-state index contributed by atoms with van der Waals surface area (Å²) in [7, 11) is -3.40. The molecule has 0 saturated heterocycles. The molecule has 0 bridgehead atoms. The van der Waals surface area contributed by atoms with Gasteiger partial charge in [0.05, 0.1) is 21.7 Å². The lowest BCUT2D eigenvalue weighted by Crippen LogP contribution is -2.17. The Kier molecular flexibility index (Phi) is 5.35. The SMILES string of the molecule is CCCS(=O)(=O)c1ccc2nc(C(O)c3ccc(OC(F)(F)F)cc3)[nH]c2c1. The molecule has 1 unspecified atom stereocenters. The zero-order chi connectivity index (χ0) is 20.5. The van der Waals surface area contributed by atoms with Crippen molar-refractivity contribution in [2.45, 2.75) is 30.7 Å². The van der Waals surface area contributed by atoms with Crippen molar-refractivity contribution in [3.63, 3.8) is 0 Å². The van der Waals surface area contributed by atoms with Crippen molar-refractivity contribution in [3.05, 3.63) is 53.9 Å². The van der Waals surface area contributed by atoms with Crippen molar-refractivity contribution in [2.75, 3.05) is 5.75 Å². The average Bonchev–Trinajstić information content (AvgIpc) is 3.03. The van der Waals surface area contributed by atoms with Gasteiger partial charge in [-0.2, -0.15) is 0 Å². The molecule has 2 N–H and O–H groups in total. The Balaban J connectivity index is 1.87. The molecule has 0 aliphatic rings. The Morgan fingerprint density at radius 3 is 2.46 bits per heavy atom. The van der Waals surface area contributed by atoms with Gasteiger partial charge in [0, 0.05) is 0 Å². The number of alkyl halides is 3. The maximum Gasteiger partial charge on any atom is 0.573 e. The number of nitrogens with one attached hydrogen (secondary N) is 1. The Morgan fingerprint density at radius 2 is 1.86 bits per heavy atom. The molecule has 2 aromatic carbocycles. The van der Waals surface area contributed by atoms with E-state index in [4.69, 9.17) is 0 Å². The van der Waals surface area contributed by atoms with Gasteiger partial charge in [0.15, 0.2) is 9.84 Å². The molecule has 150 valence electrons. The lowest BCUT2D eigenvalue weighted by Gasteiger charge is -2.11. The lowest BCUT2D eigenvalue weighted by atomic mass is 10.1. The van der Waals surface area contributed by atoms with Crippen LogP contribution in [0.15, 0.2) is 47.4 Å². The number of rotatable bonds is 6. The van der Waals surface area contributed by atoms with Gasteiger partial charge in [-0.25, -0.2) is 13.4 Å². The number of imidazole rings is 1. The first-order chi connectivity index (χ1) is 13.1. The van der Waals surface area contributed by atoms with E-state index in [9.17, 15) is 26.7 Å². The smallest absolute Gasteiger partial charge is 0.406 e. The van der Waals surface area contributed by atoms with Gasteiger partial charge >= 0.3 is 6.36 Å².